The van der Waals surface area contributed by atoms with Crippen LogP contribution in [0.4, 0.5) is 0 Å². The molecule has 0 aromatic heterocycles. The van der Waals surface area contributed by atoms with Gasteiger partial charge < -0.3 is 0 Å². The van der Waals surface area contributed by atoms with E-state index in [0.717, 1.165) is 5.46 Å². The summed E-state index contributed by atoms with van der Waals surface area (Å²) in [5.41, 5.74) is 9.31. The Morgan fingerprint density at radius 1 is 0.462 bits per heavy atom. The lowest BCUT2D eigenvalue weighted by atomic mass is 9.90. The maximum absolute atomic E-state index is 5.86. The molecule has 0 unspecified atom stereocenters. The smallest absolute Gasteiger partial charge is 0.0966 e. The van der Waals surface area contributed by atoms with Crippen LogP contribution in [0.15, 0.2) is 97.1 Å². The summed E-state index contributed by atoms with van der Waals surface area (Å²) >= 11 is 0. The zero-order chi connectivity index (χ0) is 17.9. The molecule has 0 aliphatic heterocycles. The van der Waals surface area contributed by atoms with Crippen molar-refractivity contribution in [3.63, 3.8) is 0 Å². The van der Waals surface area contributed by atoms with Crippen LogP contribution in [0, 0.1) is 6.92 Å². The largest absolute Gasteiger partial charge is 0.113 e. The average molecular weight is 330 g/mol. The lowest BCUT2D eigenvalue weighted by Gasteiger charge is -2.12. The molecule has 26 heavy (non-hydrogen) atoms. The van der Waals surface area contributed by atoms with Gasteiger partial charge in [-0.1, -0.05) is 89.9 Å². The van der Waals surface area contributed by atoms with Crippen LogP contribution in [0.5, 0.6) is 0 Å². The van der Waals surface area contributed by atoms with Crippen LogP contribution in [0.3, 0.4) is 0 Å². The summed E-state index contributed by atoms with van der Waals surface area (Å²) in [6, 6.07) is 34.0. The van der Waals surface area contributed by atoms with Gasteiger partial charge in [0.1, 0.15) is 7.85 Å². The highest BCUT2D eigenvalue weighted by molar-refractivity contribution is 6.32. The van der Waals surface area contributed by atoms with Crippen LogP contribution >= 0.6 is 0 Å². The van der Waals surface area contributed by atoms with Crippen molar-refractivity contribution in [2.75, 3.05) is 0 Å². The van der Waals surface area contributed by atoms with E-state index in [9.17, 15) is 0 Å². The molecule has 4 aromatic rings. The first-order valence-corrected chi connectivity index (χ1v) is 8.82. The van der Waals surface area contributed by atoms with Crippen molar-refractivity contribution < 1.29 is 0 Å². The predicted molar refractivity (Wildman–Crippen MR) is 113 cm³/mol. The van der Waals surface area contributed by atoms with Gasteiger partial charge in [-0.2, -0.15) is 0 Å². The van der Waals surface area contributed by atoms with Crippen molar-refractivity contribution in [2.24, 2.45) is 0 Å². The number of hydrogen-bond donors (Lipinski definition) is 0. The minimum Gasteiger partial charge on any atom is -0.0966 e. The molecule has 0 fully saturated rings. The number of hydrogen-bond acceptors (Lipinski definition) is 0. The van der Waals surface area contributed by atoms with E-state index >= 15 is 0 Å². The molecular weight excluding hydrogens is 311 g/mol. The zero-order valence-electron chi connectivity index (χ0n) is 14.8. The molecule has 122 valence electrons. The Labute approximate surface area is 156 Å². The fourth-order valence-electron chi connectivity index (χ4n) is 3.18. The van der Waals surface area contributed by atoms with Crippen LogP contribution in [-0.2, 0) is 0 Å². The third-order valence-corrected chi connectivity index (χ3v) is 4.67. The second kappa shape index (κ2) is 7.05. The number of aryl methyl sites for hydroxylation is 1. The lowest BCUT2D eigenvalue weighted by molar-refractivity contribution is 1.47. The summed E-state index contributed by atoms with van der Waals surface area (Å²) in [5.74, 6) is 0. The molecule has 0 spiro atoms. The number of rotatable bonds is 3. The maximum Gasteiger partial charge on any atom is 0.113 e. The average Bonchev–Trinajstić information content (AvgIpc) is 2.69. The van der Waals surface area contributed by atoms with Gasteiger partial charge in [0.25, 0.3) is 0 Å². The van der Waals surface area contributed by atoms with Crippen molar-refractivity contribution in [3.8, 4) is 33.4 Å². The van der Waals surface area contributed by atoms with Crippen molar-refractivity contribution in [3.05, 3.63) is 103 Å². The minimum absolute atomic E-state index is 0.784. The van der Waals surface area contributed by atoms with Gasteiger partial charge in [0.2, 0.25) is 0 Å². The second-order valence-electron chi connectivity index (χ2n) is 6.65. The molecule has 1 heteroatoms. The molecular formula is C25H19B. The van der Waals surface area contributed by atoms with Crippen LogP contribution in [0.2, 0.25) is 0 Å². The Balaban J connectivity index is 1.89. The highest BCUT2D eigenvalue weighted by Crippen LogP contribution is 2.32. The third kappa shape index (κ3) is 3.48. The fourth-order valence-corrected chi connectivity index (χ4v) is 3.18. The minimum atomic E-state index is 0.784. The van der Waals surface area contributed by atoms with E-state index in [1.165, 1.54) is 38.9 Å². The summed E-state index contributed by atoms with van der Waals surface area (Å²) in [6.07, 6.45) is 0. The molecule has 0 heterocycles. The van der Waals surface area contributed by atoms with Crippen LogP contribution in [0.25, 0.3) is 33.4 Å². The van der Waals surface area contributed by atoms with Gasteiger partial charge in [0.15, 0.2) is 0 Å². The molecule has 0 saturated carbocycles. The fraction of sp³-hybridized carbons (Fsp3) is 0.0400. The van der Waals surface area contributed by atoms with Gasteiger partial charge >= 0.3 is 0 Å². The summed E-state index contributed by atoms with van der Waals surface area (Å²) in [7, 11) is 5.86. The summed E-state index contributed by atoms with van der Waals surface area (Å²) in [5, 5.41) is 0. The van der Waals surface area contributed by atoms with Crippen LogP contribution < -0.4 is 5.46 Å². The van der Waals surface area contributed by atoms with E-state index in [2.05, 4.69) is 85.8 Å². The van der Waals surface area contributed by atoms with Gasteiger partial charge in [-0.05, 0) is 58.5 Å². The molecule has 4 rings (SSSR count). The summed E-state index contributed by atoms with van der Waals surface area (Å²) in [6.45, 7) is 2.12. The summed E-state index contributed by atoms with van der Waals surface area (Å²) in [4.78, 5) is 0. The van der Waals surface area contributed by atoms with Crippen LogP contribution in [0.1, 0.15) is 5.56 Å². The van der Waals surface area contributed by atoms with E-state index in [1.807, 2.05) is 18.2 Å². The number of benzene rings is 4. The van der Waals surface area contributed by atoms with Crippen molar-refractivity contribution in [1.82, 2.24) is 0 Å². The van der Waals surface area contributed by atoms with Crippen molar-refractivity contribution >= 4 is 13.3 Å². The van der Waals surface area contributed by atoms with E-state index in [-0.39, 0.29) is 0 Å². The maximum atomic E-state index is 5.86. The third-order valence-electron chi connectivity index (χ3n) is 4.67. The first-order valence-electron chi connectivity index (χ1n) is 8.82. The van der Waals surface area contributed by atoms with Crippen molar-refractivity contribution in [2.45, 2.75) is 6.92 Å². The van der Waals surface area contributed by atoms with E-state index < -0.39 is 0 Å². The van der Waals surface area contributed by atoms with Crippen LogP contribution in [-0.4, -0.2) is 7.85 Å². The van der Waals surface area contributed by atoms with Crippen molar-refractivity contribution in [1.29, 1.82) is 0 Å². The highest BCUT2D eigenvalue weighted by Gasteiger charge is 2.07. The molecule has 0 aliphatic carbocycles. The highest BCUT2D eigenvalue weighted by atomic mass is 14.1. The van der Waals surface area contributed by atoms with E-state index in [1.54, 1.807) is 0 Å². The predicted octanol–water partition coefficient (Wildman–Crippen LogP) is 5.79. The Morgan fingerprint density at radius 3 is 1.38 bits per heavy atom. The molecule has 0 saturated heterocycles. The Hall–Kier alpha value is -3.06. The Kier molecular flexibility index (Phi) is 4.45. The molecule has 0 amide bonds. The molecule has 0 bridgehead atoms. The quantitative estimate of drug-likeness (QED) is 0.417. The van der Waals surface area contributed by atoms with Gasteiger partial charge in [0, 0.05) is 0 Å². The van der Waals surface area contributed by atoms with Gasteiger partial charge in [-0.15, -0.1) is 0 Å². The molecule has 0 atom stereocenters. The monoisotopic (exact) mass is 330 g/mol. The molecule has 0 N–H and O–H groups in total. The Morgan fingerprint density at radius 2 is 0.885 bits per heavy atom. The normalized spacial score (nSPS) is 10.7. The van der Waals surface area contributed by atoms with Gasteiger partial charge in [0.05, 0.1) is 0 Å². The first kappa shape index (κ1) is 16.4. The first-order chi connectivity index (χ1) is 12.7. The van der Waals surface area contributed by atoms with Gasteiger partial charge in [-0.3, -0.25) is 0 Å². The van der Waals surface area contributed by atoms with E-state index in [4.69, 9.17) is 7.85 Å². The molecule has 2 radical (unpaired) electrons. The molecule has 0 nitrogen and oxygen atoms in total. The van der Waals surface area contributed by atoms with E-state index in [0.29, 0.717) is 0 Å². The molecule has 4 aromatic carbocycles. The standard InChI is InChI=1S/C25H19B/c1-18-7-9-20(10-8-18)23-15-22(19-5-3-2-4-6-19)16-24(17-23)21-11-13-25(26)14-12-21/h2-17H,1H3. The lowest BCUT2D eigenvalue weighted by Crippen LogP contribution is -1.99. The molecule has 0 aliphatic rings. The second-order valence-corrected chi connectivity index (χ2v) is 6.65. The Bertz CT molecular complexity index is 950. The topological polar surface area (TPSA) is 0 Å². The SMILES string of the molecule is [B]c1ccc(-c2cc(-c3ccccc3)cc(-c3ccc(C)cc3)c2)cc1. The zero-order valence-corrected chi connectivity index (χ0v) is 14.8. The van der Waals surface area contributed by atoms with Gasteiger partial charge in [-0.25, -0.2) is 0 Å². The summed E-state index contributed by atoms with van der Waals surface area (Å²) < 4.78 is 0.